The highest BCUT2D eigenvalue weighted by Crippen LogP contribution is 2.05. The van der Waals surface area contributed by atoms with Crippen molar-refractivity contribution >= 4 is 5.84 Å². The van der Waals surface area contributed by atoms with Gasteiger partial charge in [-0.2, -0.15) is 0 Å². The first-order valence-corrected chi connectivity index (χ1v) is 8.11. The van der Waals surface area contributed by atoms with Crippen LogP contribution in [-0.2, 0) is 0 Å². The summed E-state index contributed by atoms with van der Waals surface area (Å²) < 4.78 is 0. The maximum atomic E-state index is 6.13. The fourth-order valence-corrected chi connectivity index (χ4v) is 1.88. The number of aliphatic imine (C=N–C) groups is 1. The van der Waals surface area contributed by atoms with Crippen molar-refractivity contribution in [2.45, 2.75) is 27.2 Å². The standard InChI is InChI=1S/C20H32N4/c1-7-10-12-22-19(6)23-13-20(21)16-24(14-17(4)9-3)15-18(5)11-8-2/h7-9,11,13-14H,1,3,5,10,12,15-16,21H2,2,4,6H3,(H,22,23)/b11-8-,17-14-,20-13+. The van der Waals surface area contributed by atoms with E-state index in [0.717, 1.165) is 35.6 Å². The molecule has 0 bridgehead atoms. The van der Waals surface area contributed by atoms with Crippen molar-refractivity contribution in [2.75, 3.05) is 19.6 Å². The third-order valence-electron chi connectivity index (χ3n) is 3.05. The number of allylic oxidation sites excluding steroid dienone is 3. The molecule has 0 fully saturated rings. The van der Waals surface area contributed by atoms with E-state index in [1.165, 1.54) is 0 Å². The van der Waals surface area contributed by atoms with Gasteiger partial charge in [0.15, 0.2) is 0 Å². The molecule has 0 amide bonds. The molecule has 0 spiro atoms. The number of rotatable bonds is 11. The van der Waals surface area contributed by atoms with Crippen LogP contribution < -0.4 is 11.1 Å². The summed E-state index contributed by atoms with van der Waals surface area (Å²) in [5.41, 5.74) is 8.94. The maximum Gasteiger partial charge on any atom is 0.0971 e. The average molecular weight is 329 g/mol. The van der Waals surface area contributed by atoms with Gasteiger partial charge in [0.05, 0.1) is 12.4 Å². The van der Waals surface area contributed by atoms with Gasteiger partial charge in [-0.3, -0.25) is 4.99 Å². The molecular weight excluding hydrogens is 296 g/mol. The number of hydrogen-bond acceptors (Lipinski definition) is 3. The summed E-state index contributed by atoms with van der Waals surface area (Å²) in [5, 5.41) is 3.12. The van der Waals surface area contributed by atoms with Gasteiger partial charge >= 0.3 is 0 Å². The van der Waals surface area contributed by atoms with Gasteiger partial charge in [0, 0.05) is 31.2 Å². The van der Waals surface area contributed by atoms with Crippen molar-refractivity contribution in [1.29, 1.82) is 0 Å². The predicted molar refractivity (Wildman–Crippen MR) is 108 cm³/mol. The zero-order chi connectivity index (χ0) is 18.4. The molecule has 0 aliphatic rings. The topological polar surface area (TPSA) is 53.6 Å². The predicted octanol–water partition coefficient (Wildman–Crippen LogP) is 3.89. The third-order valence-corrected chi connectivity index (χ3v) is 3.05. The van der Waals surface area contributed by atoms with Gasteiger partial charge in [0.25, 0.3) is 0 Å². The lowest BCUT2D eigenvalue weighted by Gasteiger charge is -2.22. The van der Waals surface area contributed by atoms with Crippen LogP contribution in [0.5, 0.6) is 0 Å². The lowest BCUT2D eigenvalue weighted by Crippen LogP contribution is -2.27. The number of hydrogen-bond donors (Lipinski definition) is 2. The SMILES string of the molecule is C=CCCN=C(C)N/C=C(/N)CN(/C=C(/C)C=C)CC(=C)/C=C\C. The monoisotopic (exact) mass is 328 g/mol. The molecule has 0 aromatic carbocycles. The largest absolute Gasteiger partial charge is 0.399 e. The maximum absolute atomic E-state index is 6.13. The van der Waals surface area contributed by atoms with E-state index in [0.29, 0.717) is 13.1 Å². The lowest BCUT2D eigenvalue weighted by atomic mass is 10.2. The summed E-state index contributed by atoms with van der Waals surface area (Å²) in [6, 6.07) is 0. The van der Waals surface area contributed by atoms with E-state index >= 15 is 0 Å². The van der Waals surface area contributed by atoms with Crippen LogP contribution in [0.4, 0.5) is 0 Å². The second-order valence-corrected chi connectivity index (χ2v) is 5.55. The Morgan fingerprint density at radius 1 is 1.25 bits per heavy atom. The summed E-state index contributed by atoms with van der Waals surface area (Å²) in [7, 11) is 0. The second kappa shape index (κ2) is 13.0. The van der Waals surface area contributed by atoms with Gasteiger partial charge in [-0.1, -0.05) is 37.5 Å². The van der Waals surface area contributed by atoms with Gasteiger partial charge in [-0.15, -0.1) is 6.58 Å². The Kier molecular flexibility index (Phi) is 11.6. The Hall–Kier alpha value is -2.49. The summed E-state index contributed by atoms with van der Waals surface area (Å²) >= 11 is 0. The molecule has 4 heteroatoms. The van der Waals surface area contributed by atoms with Crippen LogP contribution in [0.1, 0.15) is 27.2 Å². The molecule has 132 valence electrons. The smallest absolute Gasteiger partial charge is 0.0971 e. The minimum atomic E-state index is 0.592. The van der Waals surface area contributed by atoms with E-state index in [1.807, 2.05) is 51.3 Å². The molecule has 3 N–H and O–H groups in total. The van der Waals surface area contributed by atoms with E-state index < -0.39 is 0 Å². The summed E-state index contributed by atoms with van der Waals surface area (Å²) in [5.74, 6) is 0.836. The van der Waals surface area contributed by atoms with Gasteiger partial charge in [0.1, 0.15) is 0 Å². The number of nitrogens with one attached hydrogen (secondary N) is 1. The van der Waals surface area contributed by atoms with Crippen molar-refractivity contribution < 1.29 is 0 Å². The zero-order valence-electron chi connectivity index (χ0n) is 15.4. The Morgan fingerprint density at radius 3 is 2.54 bits per heavy atom. The molecular formula is C20H32N4. The first-order valence-electron chi connectivity index (χ1n) is 8.11. The molecule has 0 rings (SSSR count). The Bertz CT molecular complexity index is 536. The van der Waals surface area contributed by atoms with Gasteiger partial charge in [-0.25, -0.2) is 0 Å². The van der Waals surface area contributed by atoms with Crippen molar-refractivity contribution in [1.82, 2.24) is 10.2 Å². The summed E-state index contributed by atoms with van der Waals surface area (Å²) in [6.07, 6.45) is 12.3. The van der Waals surface area contributed by atoms with Crippen LogP contribution >= 0.6 is 0 Å². The highest BCUT2D eigenvalue weighted by Gasteiger charge is 2.03. The molecule has 0 saturated carbocycles. The molecule has 0 heterocycles. The Labute approximate surface area is 147 Å². The molecule has 0 atom stereocenters. The van der Waals surface area contributed by atoms with Crippen LogP contribution in [0.2, 0.25) is 0 Å². The van der Waals surface area contributed by atoms with Crippen molar-refractivity contribution in [2.24, 2.45) is 10.7 Å². The summed E-state index contributed by atoms with van der Waals surface area (Å²) in [4.78, 5) is 6.48. The minimum absolute atomic E-state index is 0.592. The molecule has 0 radical (unpaired) electrons. The highest BCUT2D eigenvalue weighted by molar-refractivity contribution is 5.80. The van der Waals surface area contributed by atoms with Crippen molar-refractivity contribution in [3.8, 4) is 0 Å². The normalized spacial score (nSPS) is 13.0. The number of amidine groups is 1. The van der Waals surface area contributed by atoms with E-state index in [1.54, 1.807) is 6.20 Å². The molecule has 0 aromatic heterocycles. The molecule has 0 unspecified atom stereocenters. The minimum Gasteiger partial charge on any atom is -0.399 e. The fraction of sp³-hybridized carbons (Fsp3) is 0.350. The van der Waals surface area contributed by atoms with Gasteiger partial charge < -0.3 is 16.0 Å². The van der Waals surface area contributed by atoms with Crippen LogP contribution in [-0.4, -0.2) is 30.4 Å². The molecule has 0 aliphatic carbocycles. The van der Waals surface area contributed by atoms with E-state index in [9.17, 15) is 0 Å². The van der Waals surface area contributed by atoms with Crippen LogP contribution in [0.25, 0.3) is 0 Å². The first-order chi connectivity index (χ1) is 11.4. The highest BCUT2D eigenvalue weighted by atomic mass is 15.1. The Morgan fingerprint density at radius 2 is 1.96 bits per heavy atom. The molecule has 0 aliphatic heterocycles. The fourth-order valence-electron chi connectivity index (χ4n) is 1.88. The average Bonchev–Trinajstić information content (AvgIpc) is 2.53. The molecule has 24 heavy (non-hydrogen) atoms. The zero-order valence-corrected chi connectivity index (χ0v) is 15.4. The molecule has 0 saturated heterocycles. The summed E-state index contributed by atoms with van der Waals surface area (Å²) in [6.45, 7) is 19.5. The van der Waals surface area contributed by atoms with E-state index in [-0.39, 0.29) is 0 Å². The Balaban J connectivity index is 4.83. The van der Waals surface area contributed by atoms with Crippen molar-refractivity contribution in [3.05, 3.63) is 73.3 Å². The van der Waals surface area contributed by atoms with Crippen LogP contribution in [0, 0.1) is 0 Å². The van der Waals surface area contributed by atoms with Crippen molar-refractivity contribution in [3.63, 3.8) is 0 Å². The van der Waals surface area contributed by atoms with Gasteiger partial charge in [0.2, 0.25) is 0 Å². The quantitative estimate of drug-likeness (QED) is 0.199. The van der Waals surface area contributed by atoms with Crippen LogP contribution in [0.3, 0.4) is 0 Å². The molecule has 4 nitrogen and oxygen atoms in total. The van der Waals surface area contributed by atoms with E-state index in [2.05, 4.69) is 34.9 Å². The van der Waals surface area contributed by atoms with E-state index in [4.69, 9.17) is 5.73 Å². The lowest BCUT2D eigenvalue weighted by molar-refractivity contribution is 0.439. The van der Waals surface area contributed by atoms with Crippen LogP contribution in [0.15, 0.2) is 78.3 Å². The number of nitrogens with two attached hydrogens (primary N) is 1. The molecule has 0 aromatic rings. The first kappa shape index (κ1) is 21.5. The number of nitrogens with zero attached hydrogens (tertiary/aromatic N) is 2. The third kappa shape index (κ3) is 11.1. The van der Waals surface area contributed by atoms with Gasteiger partial charge in [-0.05, 0) is 38.3 Å². The second-order valence-electron chi connectivity index (χ2n) is 5.55.